The Labute approximate surface area is 147 Å². The minimum Gasteiger partial charge on any atom is -0.468 e. The zero-order valence-electron chi connectivity index (χ0n) is 14.3. The van der Waals surface area contributed by atoms with E-state index in [4.69, 9.17) is 9.15 Å². The molecule has 4 heterocycles. The van der Waals surface area contributed by atoms with Crippen LogP contribution >= 0.6 is 0 Å². The molecule has 1 unspecified atom stereocenters. The van der Waals surface area contributed by atoms with Crippen molar-refractivity contribution in [1.82, 2.24) is 19.8 Å². The van der Waals surface area contributed by atoms with Crippen LogP contribution in [0.25, 0.3) is 0 Å². The third-order valence-corrected chi connectivity index (χ3v) is 5.07. The van der Waals surface area contributed by atoms with Gasteiger partial charge in [-0.25, -0.2) is 4.98 Å². The average molecular weight is 344 g/mol. The maximum Gasteiger partial charge on any atom is 0.244 e. The minimum absolute atomic E-state index is 0.0647. The number of aromatic nitrogens is 2. The number of furan rings is 1. The van der Waals surface area contributed by atoms with Crippen LogP contribution in [-0.2, 0) is 22.6 Å². The van der Waals surface area contributed by atoms with Crippen LogP contribution in [0.1, 0.15) is 30.3 Å². The van der Waals surface area contributed by atoms with Gasteiger partial charge in [0.15, 0.2) is 0 Å². The van der Waals surface area contributed by atoms with Crippen molar-refractivity contribution in [2.75, 3.05) is 26.3 Å². The van der Waals surface area contributed by atoms with E-state index in [-0.39, 0.29) is 11.9 Å². The molecule has 2 aliphatic rings. The van der Waals surface area contributed by atoms with Gasteiger partial charge >= 0.3 is 0 Å². The van der Waals surface area contributed by atoms with Crippen molar-refractivity contribution >= 4 is 5.91 Å². The number of carbonyl (C=O) groups excluding carboxylic acids is 1. The van der Waals surface area contributed by atoms with E-state index in [1.54, 1.807) is 12.6 Å². The maximum absolute atomic E-state index is 12.8. The molecule has 2 aliphatic heterocycles. The first-order valence-corrected chi connectivity index (χ1v) is 8.90. The summed E-state index contributed by atoms with van der Waals surface area (Å²) < 4.78 is 12.8. The molecule has 25 heavy (non-hydrogen) atoms. The lowest BCUT2D eigenvalue weighted by Gasteiger charge is -2.33. The summed E-state index contributed by atoms with van der Waals surface area (Å²) in [5.41, 5.74) is 1.06. The van der Waals surface area contributed by atoms with Crippen molar-refractivity contribution in [2.24, 2.45) is 5.92 Å². The lowest BCUT2D eigenvalue weighted by atomic mass is 10.0. The third-order valence-electron chi connectivity index (χ3n) is 5.07. The first-order valence-electron chi connectivity index (χ1n) is 8.90. The Morgan fingerprint density at radius 1 is 1.36 bits per heavy atom. The first-order chi connectivity index (χ1) is 12.3. The molecular weight excluding hydrogens is 320 g/mol. The highest BCUT2D eigenvalue weighted by Crippen LogP contribution is 2.23. The average Bonchev–Trinajstić information content (AvgIpc) is 3.31. The van der Waals surface area contributed by atoms with Crippen molar-refractivity contribution in [3.63, 3.8) is 0 Å². The second-order valence-electron chi connectivity index (χ2n) is 6.86. The van der Waals surface area contributed by atoms with E-state index >= 15 is 0 Å². The van der Waals surface area contributed by atoms with E-state index in [2.05, 4.69) is 15.2 Å². The van der Waals surface area contributed by atoms with Gasteiger partial charge in [0.05, 0.1) is 24.8 Å². The van der Waals surface area contributed by atoms with E-state index in [0.29, 0.717) is 19.0 Å². The number of fused-ring (bicyclic) bond motifs is 1. The molecule has 0 bridgehead atoms. The summed E-state index contributed by atoms with van der Waals surface area (Å²) in [6.07, 6.45) is 7.32. The van der Waals surface area contributed by atoms with E-state index in [0.717, 1.165) is 50.6 Å². The Balaban J connectivity index is 1.41. The summed E-state index contributed by atoms with van der Waals surface area (Å²) in [5.74, 6) is 1.49. The number of imidazole rings is 1. The SMILES string of the molecule is O=C(NCC1CCOCC1)C1CN(Cc2ccco2)Cc2cncn21. The van der Waals surface area contributed by atoms with E-state index in [1.807, 2.05) is 22.9 Å². The van der Waals surface area contributed by atoms with Crippen molar-refractivity contribution < 1.29 is 13.9 Å². The smallest absolute Gasteiger partial charge is 0.244 e. The number of rotatable bonds is 5. The monoisotopic (exact) mass is 344 g/mol. The lowest BCUT2D eigenvalue weighted by Crippen LogP contribution is -2.45. The summed E-state index contributed by atoms with van der Waals surface area (Å²) in [7, 11) is 0. The number of nitrogens with one attached hydrogen (secondary N) is 1. The molecule has 4 rings (SSSR count). The summed E-state index contributed by atoms with van der Waals surface area (Å²) in [4.78, 5) is 19.3. The molecule has 0 radical (unpaired) electrons. The van der Waals surface area contributed by atoms with E-state index in [9.17, 15) is 4.79 Å². The number of carbonyl (C=O) groups is 1. The molecular formula is C18H24N4O3. The Bertz CT molecular complexity index is 691. The molecule has 134 valence electrons. The van der Waals surface area contributed by atoms with Crippen molar-refractivity contribution in [3.05, 3.63) is 42.4 Å². The molecule has 1 atom stereocenters. The predicted molar refractivity (Wildman–Crippen MR) is 90.6 cm³/mol. The largest absolute Gasteiger partial charge is 0.468 e. The molecule has 1 fully saturated rings. The van der Waals surface area contributed by atoms with E-state index < -0.39 is 0 Å². The highest BCUT2D eigenvalue weighted by molar-refractivity contribution is 5.80. The third kappa shape index (κ3) is 3.77. The predicted octanol–water partition coefficient (Wildman–Crippen LogP) is 1.58. The molecule has 7 heteroatoms. The molecule has 0 aromatic carbocycles. The number of hydrogen-bond donors (Lipinski definition) is 1. The van der Waals surface area contributed by atoms with Crippen LogP contribution in [-0.4, -0.2) is 46.7 Å². The quantitative estimate of drug-likeness (QED) is 0.891. The molecule has 7 nitrogen and oxygen atoms in total. The zero-order chi connectivity index (χ0) is 17.1. The summed E-state index contributed by atoms with van der Waals surface area (Å²) in [6, 6.07) is 3.61. The van der Waals surface area contributed by atoms with Crippen LogP contribution < -0.4 is 5.32 Å². The van der Waals surface area contributed by atoms with Gasteiger partial charge in [-0.15, -0.1) is 0 Å². The van der Waals surface area contributed by atoms with Crippen molar-refractivity contribution in [2.45, 2.75) is 32.0 Å². The summed E-state index contributed by atoms with van der Waals surface area (Å²) in [6.45, 7) is 4.44. The van der Waals surface area contributed by atoms with E-state index in [1.165, 1.54) is 0 Å². The maximum atomic E-state index is 12.8. The Hall–Kier alpha value is -2.12. The molecule has 0 saturated carbocycles. The van der Waals surface area contributed by atoms with Gasteiger partial charge in [0.25, 0.3) is 0 Å². The van der Waals surface area contributed by atoms with Crippen LogP contribution in [0.15, 0.2) is 35.3 Å². The van der Waals surface area contributed by atoms with Gasteiger partial charge in [0.1, 0.15) is 11.8 Å². The number of ether oxygens (including phenoxy) is 1. The Kier molecular flexibility index (Phi) is 4.85. The number of hydrogen-bond acceptors (Lipinski definition) is 5. The van der Waals surface area contributed by atoms with Gasteiger partial charge in [-0.3, -0.25) is 9.69 Å². The van der Waals surface area contributed by atoms with Gasteiger partial charge in [0.2, 0.25) is 5.91 Å². The zero-order valence-corrected chi connectivity index (χ0v) is 14.3. The fourth-order valence-electron chi connectivity index (χ4n) is 3.63. The highest BCUT2D eigenvalue weighted by atomic mass is 16.5. The van der Waals surface area contributed by atoms with Gasteiger partial charge in [-0.2, -0.15) is 0 Å². The molecule has 2 aromatic rings. The molecule has 1 saturated heterocycles. The topological polar surface area (TPSA) is 72.5 Å². The van der Waals surface area contributed by atoms with Gasteiger partial charge < -0.3 is 19.0 Å². The second-order valence-corrected chi connectivity index (χ2v) is 6.86. The molecule has 0 spiro atoms. The highest BCUT2D eigenvalue weighted by Gasteiger charge is 2.30. The first kappa shape index (κ1) is 16.4. The lowest BCUT2D eigenvalue weighted by molar-refractivity contribution is -0.126. The standard InChI is InChI=1S/C18H24N4O3/c23-18(20-8-14-3-6-24-7-4-14)17-12-21(11-16-2-1-5-25-16)10-15-9-19-13-22(15)17/h1-2,5,9,13-14,17H,3-4,6-8,10-12H2,(H,20,23). The van der Waals surface area contributed by atoms with Crippen LogP contribution in [0.5, 0.6) is 0 Å². The molecule has 1 N–H and O–H groups in total. The van der Waals surface area contributed by atoms with Gasteiger partial charge in [-0.05, 0) is 30.9 Å². The van der Waals surface area contributed by atoms with Crippen molar-refractivity contribution in [1.29, 1.82) is 0 Å². The summed E-state index contributed by atoms with van der Waals surface area (Å²) in [5, 5.41) is 3.14. The normalized spacial score (nSPS) is 21.8. The number of nitrogens with zero attached hydrogens (tertiary/aromatic N) is 3. The minimum atomic E-state index is -0.249. The molecule has 2 aromatic heterocycles. The molecule has 0 aliphatic carbocycles. The Morgan fingerprint density at radius 3 is 3.04 bits per heavy atom. The van der Waals surface area contributed by atoms with Crippen LogP contribution in [0.4, 0.5) is 0 Å². The van der Waals surface area contributed by atoms with Crippen LogP contribution in [0, 0.1) is 5.92 Å². The van der Waals surface area contributed by atoms with Gasteiger partial charge in [0, 0.05) is 39.0 Å². The van der Waals surface area contributed by atoms with Crippen molar-refractivity contribution in [3.8, 4) is 0 Å². The summed E-state index contributed by atoms with van der Waals surface area (Å²) >= 11 is 0. The fourth-order valence-corrected chi connectivity index (χ4v) is 3.63. The second kappa shape index (κ2) is 7.41. The Morgan fingerprint density at radius 2 is 2.24 bits per heavy atom. The molecule has 1 amide bonds. The number of amides is 1. The van der Waals surface area contributed by atoms with Crippen LogP contribution in [0.2, 0.25) is 0 Å². The van der Waals surface area contributed by atoms with Crippen LogP contribution in [0.3, 0.4) is 0 Å². The van der Waals surface area contributed by atoms with Gasteiger partial charge in [-0.1, -0.05) is 0 Å². The fraction of sp³-hybridized carbons (Fsp3) is 0.556.